The molecule has 0 bridgehead atoms. The summed E-state index contributed by atoms with van der Waals surface area (Å²) in [7, 11) is 0. The molecule has 0 unspecified atom stereocenters. The van der Waals surface area contributed by atoms with Crippen LogP contribution in [-0.2, 0) is 28.6 Å². The van der Waals surface area contributed by atoms with Crippen molar-refractivity contribution in [2.45, 2.75) is 258 Å². The lowest BCUT2D eigenvalue weighted by molar-refractivity contribution is -0.167. The first kappa shape index (κ1) is 61.6. The number of unbranched alkanes of at least 4 members (excludes halogenated alkanes) is 23. The predicted octanol–water partition coefficient (Wildman–Crippen LogP) is 18.0. The molecule has 0 heterocycles. The fourth-order valence-corrected chi connectivity index (χ4v) is 7.29. The molecule has 0 aliphatic rings. The van der Waals surface area contributed by atoms with Crippen LogP contribution in [0.4, 0.5) is 0 Å². The molecule has 0 aliphatic heterocycles. The van der Waals surface area contributed by atoms with Gasteiger partial charge in [0.25, 0.3) is 0 Å². The standard InChI is InChI=1S/C59H100O6/c1-4-7-10-13-16-19-22-25-28-29-32-34-37-40-43-46-49-52-58(61)64-55-56(65-59(62)53-50-47-44-41-38-35-31-27-24-21-18-15-12-9-6-3)54-63-57(60)51-48-45-42-39-36-33-30-26-23-20-17-14-11-8-5-2/h8,11,17,20,25-28,30-32,34,40,43,56H,4-7,9-10,12-16,18-19,21-24,29,33,35-39,41-42,44-55H2,1-3H3/b11-8-,20-17-,28-25-,30-26-,31-27-,34-32-,43-40-/t56-/m1/s1. The maximum Gasteiger partial charge on any atom is 0.306 e. The third-order valence-corrected chi connectivity index (χ3v) is 11.4. The Morgan fingerprint density at radius 3 is 1.02 bits per heavy atom. The molecular formula is C59H100O6. The van der Waals surface area contributed by atoms with E-state index in [4.69, 9.17) is 14.2 Å². The Kier molecular flexibility index (Phi) is 50.4. The first-order valence-electron chi connectivity index (χ1n) is 27.1. The van der Waals surface area contributed by atoms with Gasteiger partial charge in [-0.2, -0.15) is 0 Å². The third-order valence-electron chi connectivity index (χ3n) is 11.4. The average molecular weight is 905 g/mol. The summed E-state index contributed by atoms with van der Waals surface area (Å²) >= 11 is 0. The summed E-state index contributed by atoms with van der Waals surface area (Å²) in [6, 6.07) is 0. The van der Waals surface area contributed by atoms with Crippen molar-refractivity contribution >= 4 is 17.9 Å². The lowest BCUT2D eigenvalue weighted by Gasteiger charge is -2.18. The second kappa shape index (κ2) is 53.2. The number of ether oxygens (including phenoxy) is 3. The molecule has 0 saturated heterocycles. The largest absolute Gasteiger partial charge is 0.462 e. The van der Waals surface area contributed by atoms with Crippen molar-refractivity contribution in [3.8, 4) is 0 Å². The Balaban J connectivity index is 4.50. The van der Waals surface area contributed by atoms with Crippen LogP contribution in [0.1, 0.15) is 252 Å². The maximum absolute atomic E-state index is 12.8. The maximum atomic E-state index is 12.8. The number of hydrogen-bond acceptors (Lipinski definition) is 6. The first-order chi connectivity index (χ1) is 32.0. The second-order valence-electron chi connectivity index (χ2n) is 17.7. The summed E-state index contributed by atoms with van der Waals surface area (Å²) in [5.41, 5.74) is 0. The lowest BCUT2D eigenvalue weighted by Crippen LogP contribution is -2.30. The molecular weight excluding hydrogens is 805 g/mol. The number of rotatable bonds is 48. The first-order valence-corrected chi connectivity index (χ1v) is 27.1. The molecule has 65 heavy (non-hydrogen) atoms. The molecule has 0 aromatic carbocycles. The minimum absolute atomic E-state index is 0.105. The normalized spacial score (nSPS) is 12.7. The number of hydrogen-bond donors (Lipinski definition) is 0. The molecule has 1 atom stereocenters. The topological polar surface area (TPSA) is 78.9 Å². The third kappa shape index (κ3) is 51.4. The number of carbonyl (C=O) groups excluding carboxylic acids is 3. The van der Waals surface area contributed by atoms with Crippen molar-refractivity contribution in [1.29, 1.82) is 0 Å². The van der Waals surface area contributed by atoms with E-state index in [1.165, 1.54) is 96.3 Å². The van der Waals surface area contributed by atoms with Crippen LogP contribution in [0.2, 0.25) is 0 Å². The molecule has 0 saturated carbocycles. The highest BCUT2D eigenvalue weighted by Gasteiger charge is 2.19. The van der Waals surface area contributed by atoms with Crippen LogP contribution < -0.4 is 0 Å². The van der Waals surface area contributed by atoms with Crippen LogP contribution in [0, 0.1) is 0 Å². The van der Waals surface area contributed by atoms with Gasteiger partial charge in [-0.05, 0) is 109 Å². The number of allylic oxidation sites excluding steroid dienone is 14. The Bertz CT molecular complexity index is 1270. The van der Waals surface area contributed by atoms with E-state index in [-0.39, 0.29) is 37.5 Å². The van der Waals surface area contributed by atoms with Gasteiger partial charge in [0.1, 0.15) is 13.2 Å². The van der Waals surface area contributed by atoms with E-state index in [1.807, 2.05) is 0 Å². The molecule has 6 nitrogen and oxygen atoms in total. The molecule has 0 fully saturated rings. The van der Waals surface area contributed by atoms with E-state index < -0.39 is 6.10 Å². The zero-order valence-corrected chi connectivity index (χ0v) is 42.5. The fourth-order valence-electron chi connectivity index (χ4n) is 7.29. The Labute approximate surface area is 401 Å². The van der Waals surface area contributed by atoms with Gasteiger partial charge in [0.2, 0.25) is 0 Å². The van der Waals surface area contributed by atoms with Crippen LogP contribution in [0.5, 0.6) is 0 Å². The average Bonchev–Trinajstić information content (AvgIpc) is 3.30. The molecule has 0 aromatic rings. The van der Waals surface area contributed by atoms with Crippen LogP contribution in [0.25, 0.3) is 0 Å². The Morgan fingerprint density at radius 1 is 0.323 bits per heavy atom. The molecule has 0 amide bonds. The van der Waals surface area contributed by atoms with Crippen molar-refractivity contribution in [1.82, 2.24) is 0 Å². The van der Waals surface area contributed by atoms with Gasteiger partial charge >= 0.3 is 17.9 Å². The molecule has 372 valence electrons. The van der Waals surface area contributed by atoms with E-state index in [1.54, 1.807) is 0 Å². The molecule has 6 heteroatoms. The van der Waals surface area contributed by atoms with Crippen molar-refractivity contribution in [3.63, 3.8) is 0 Å². The van der Waals surface area contributed by atoms with Crippen molar-refractivity contribution in [2.75, 3.05) is 13.2 Å². The summed E-state index contributed by atoms with van der Waals surface area (Å²) in [6.45, 7) is 6.45. The summed E-state index contributed by atoms with van der Waals surface area (Å²) in [5, 5.41) is 0. The summed E-state index contributed by atoms with van der Waals surface area (Å²) < 4.78 is 16.8. The lowest BCUT2D eigenvalue weighted by atomic mass is 10.1. The minimum Gasteiger partial charge on any atom is -0.462 e. The van der Waals surface area contributed by atoms with Gasteiger partial charge in [0.15, 0.2) is 6.10 Å². The summed E-state index contributed by atoms with van der Waals surface area (Å²) in [5.74, 6) is -0.981. The van der Waals surface area contributed by atoms with E-state index in [2.05, 4.69) is 106 Å². The van der Waals surface area contributed by atoms with Crippen molar-refractivity contribution < 1.29 is 28.6 Å². The van der Waals surface area contributed by atoms with Gasteiger partial charge in [-0.1, -0.05) is 209 Å². The van der Waals surface area contributed by atoms with Gasteiger partial charge in [0.05, 0.1) is 0 Å². The van der Waals surface area contributed by atoms with Gasteiger partial charge in [0, 0.05) is 19.3 Å². The van der Waals surface area contributed by atoms with Crippen molar-refractivity contribution in [3.05, 3.63) is 85.1 Å². The quantitative estimate of drug-likeness (QED) is 0.0262. The van der Waals surface area contributed by atoms with Gasteiger partial charge in [-0.3, -0.25) is 14.4 Å². The van der Waals surface area contributed by atoms with Gasteiger partial charge in [-0.25, -0.2) is 0 Å². The Morgan fingerprint density at radius 2 is 0.615 bits per heavy atom. The van der Waals surface area contributed by atoms with Crippen LogP contribution in [-0.4, -0.2) is 37.2 Å². The van der Waals surface area contributed by atoms with Crippen LogP contribution >= 0.6 is 0 Å². The number of esters is 3. The molecule has 0 rings (SSSR count). The highest BCUT2D eigenvalue weighted by molar-refractivity contribution is 5.71. The molecule has 0 spiro atoms. The smallest absolute Gasteiger partial charge is 0.306 e. The SMILES string of the molecule is CC/C=C\C/C=C\C/C=C\CCCCCCCC(=O)OC[C@H](COC(=O)CCC/C=C\C/C=C\C/C=C\CCCCCCCC)OC(=O)CCCCCCC/C=C\CCCCCCCC. The summed E-state index contributed by atoms with van der Waals surface area (Å²) in [6.07, 6.45) is 68.6. The zero-order chi connectivity index (χ0) is 47.2. The minimum atomic E-state index is -0.808. The van der Waals surface area contributed by atoms with E-state index in [0.717, 1.165) is 109 Å². The fraction of sp³-hybridized carbons (Fsp3) is 0.712. The monoisotopic (exact) mass is 905 g/mol. The molecule has 0 N–H and O–H groups in total. The van der Waals surface area contributed by atoms with Crippen molar-refractivity contribution in [2.24, 2.45) is 0 Å². The van der Waals surface area contributed by atoms with E-state index in [0.29, 0.717) is 19.3 Å². The predicted molar refractivity (Wildman–Crippen MR) is 279 cm³/mol. The van der Waals surface area contributed by atoms with E-state index in [9.17, 15) is 14.4 Å². The summed E-state index contributed by atoms with van der Waals surface area (Å²) in [4.78, 5) is 38.0. The Hall–Kier alpha value is -3.41. The molecule has 0 radical (unpaired) electrons. The van der Waals surface area contributed by atoms with Crippen LogP contribution in [0.15, 0.2) is 85.1 Å². The highest BCUT2D eigenvalue weighted by Crippen LogP contribution is 2.13. The highest BCUT2D eigenvalue weighted by atomic mass is 16.6. The van der Waals surface area contributed by atoms with Gasteiger partial charge in [-0.15, -0.1) is 0 Å². The van der Waals surface area contributed by atoms with Crippen LogP contribution in [0.3, 0.4) is 0 Å². The number of carbonyl (C=O) groups is 3. The zero-order valence-electron chi connectivity index (χ0n) is 42.5. The molecule has 0 aliphatic carbocycles. The second-order valence-corrected chi connectivity index (χ2v) is 17.7. The molecule has 0 aromatic heterocycles. The van der Waals surface area contributed by atoms with E-state index >= 15 is 0 Å². The van der Waals surface area contributed by atoms with Gasteiger partial charge < -0.3 is 14.2 Å².